The van der Waals surface area contributed by atoms with Crippen LogP contribution in [0.5, 0.6) is 0 Å². The monoisotopic (exact) mass is 292 g/mol. The van der Waals surface area contributed by atoms with Gasteiger partial charge in [0.25, 0.3) is 0 Å². The van der Waals surface area contributed by atoms with Crippen LogP contribution in [0.2, 0.25) is 0 Å². The molecule has 0 amide bonds. The maximum absolute atomic E-state index is 13.2. The highest BCUT2D eigenvalue weighted by Crippen LogP contribution is 2.23. The Labute approximate surface area is 128 Å². The van der Waals surface area contributed by atoms with Crippen LogP contribution >= 0.6 is 0 Å². The van der Waals surface area contributed by atoms with Crippen molar-refractivity contribution in [3.8, 4) is 0 Å². The molecule has 3 heteroatoms. The topological polar surface area (TPSA) is 15.3 Å². The van der Waals surface area contributed by atoms with Gasteiger partial charge in [-0.25, -0.2) is 4.39 Å². The molecule has 0 spiro atoms. The molecule has 0 aromatic heterocycles. The SMILES string of the molecule is Cc1cc(F)ccc1CCN1CC(C(C)(C)C)NCC1C. The Morgan fingerprint density at radius 3 is 2.67 bits per heavy atom. The van der Waals surface area contributed by atoms with Crippen LogP contribution in [0.15, 0.2) is 18.2 Å². The maximum atomic E-state index is 13.2. The Balaban J connectivity index is 1.97. The van der Waals surface area contributed by atoms with E-state index in [1.165, 1.54) is 5.56 Å². The number of piperazine rings is 1. The zero-order valence-corrected chi connectivity index (χ0v) is 14.0. The predicted octanol–water partition coefficient (Wildman–Crippen LogP) is 3.39. The Morgan fingerprint density at radius 1 is 1.33 bits per heavy atom. The molecule has 0 aliphatic carbocycles. The van der Waals surface area contributed by atoms with Gasteiger partial charge in [0, 0.05) is 31.7 Å². The van der Waals surface area contributed by atoms with E-state index in [0.29, 0.717) is 12.1 Å². The van der Waals surface area contributed by atoms with Crippen molar-refractivity contribution in [1.82, 2.24) is 10.2 Å². The number of benzene rings is 1. The number of nitrogens with one attached hydrogen (secondary N) is 1. The molecule has 1 heterocycles. The third-order valence-electron chi connectivity index (χ3n) is 4.72. The third-order valence-corrected chi connectivity index (χ3v) is 4.72. The van der Waals surface area contributed by atoms with Gasteiger partial charge in [-0.05, 0) is 48.9 Å². The summed E-state index contributed by atoms with van der Waals surface area (Å²) >= 11 is 0. The van der Waals surface area contributed by atoms with Crippen LogP contribution < -0.4 is 5.32 Å². The van der Waals surface area contributed by atoms with Gasteiger partial charge in [0.05, 0.1) is 0 Å². The molecule has 2 nitrogen and oxygen atoms in total. The largest absolute Gasteiger partial charge is 0.311 e. The van der Waals surface area contributed by atoms with Gasteiger partial charge in [-0.3, -0.25) is 4.90 Å². The van der Waals surface area contributed by atoms with Crippen LogP contribution in [-0.4, -0.2) is 36.6 Å². The summed E-state index contributed by atoms with van der Waals surface area (Å²) in [6.45, 7) is 14.3. The first-order chi connectivity index (χ1) is 9.77. The summed E-state index contributed by atoms with van der Waals surface area (Å²) in [5.74, 6) is -0.139. The van der Waals surface area contributed by atoms with E-state index in [9.17, 15) is 4.39 Å². The van der Waals surface area contributed by atoms with Crippen molar-refractivity contribution in [3.63, 3.8) is 0 Å². The number of hydrogen-bond acceptors (Lipinski definition) is 2. The maximum Gasteiger partial charge on any atom is 0.123 e. The van der Waals surface area contributed by atoms with Gasteiger partial charge >= 0.3 is 0 Å². The summed E-state index contributed by atoms with van der Waals surface area (Å²) in [7, 11) is 0. The number of nitrogens with zero attached hydrogens (tertiary/aromatic N) is 1. The molecular weight excluding hydrogens is 263 g/mol. The summed E-state index contributed by atoms with van der Waals surface area (Å²) < 4.78 is 13.2. The average molecular weight is 292 g/mol. The lowest BCUT2D eigenvalue weighted by Crippen LogP contribution is -2.59. The van der Waals surface area contributed by atoms with Gasteiger partial charge in [0.15, 0.2) is 0 Å². The van der Waals surface area contributed by atoms with E-state index in [4.69, 9.17) is 0 Å². The highest BCUT2D eigenvalue weighted by Gasteiger charge is 2.31. The summed E-state index contributed by atoms with van der Waals surface area (Å²) in [4.78, 5) is 2.56. The third kappa shape index (κ3) is 4.27. The van der Waals surface area contributed by atoms with E-state index in [1.54, 1.807) is 12.1 Å². The molecule has 1 aromatic rings. The van der Waals surface area contributed by atoms with Gasteiger partial charge < -0.3 is 5.32 Å². The molecule has 118 valence electrons. The minimum atomic E-state index is -0.139. The number of halogens is 1. The van der Waals surface area contributed by atoms with Gasteiger partial charge in [0.2, 0.25) is 0 Å². The molecule has 1 aliphatic heterocycles. The molecule has 2 unspecified atom stereocenters. The van der Waals surface area contributed by atoms with Crippen LogP contribution in [-0.2, 0) is 6.42 Å². The molecule has 0 saturated carbocycles. The zero-order valence-electron chi connectivity index (χ0n) is 14.0. The van der Waals surface area contributed by atoms with Crippen LogP contribution in [0.25, 0.3) is 0 Å². The number of hydrogen-bond donors (Lipinski definition) is 1. The Hall–Kier alpha value is -0.930. The fourth-order valence-electron chi connectivity index (χ4n) is 3.02. The summed E-state index contributed by atoms with van der Waals surface area (Å²) in [5.41, 5.74) is 2.60. The Morgan fingerprint density at radius 2 is 2.05 bits per heavy atom. The lowest BCUT2D eigenvalue weighted by molar-refractivity contribution is 0.0948. The second-order valence-electron chi connectivity index (χ2n) is 7.49. The molecule has 1 aliphatic rings. The second kappa shape index (κ2) is 6.45. The molecule has 1 N–H and O–H groups in total. The molecule has 2 atom stereocenters. The first-order valence-corrected chi connectivity index (χ1v) is 8.00. The minimum Gasteiger partial charge on any atom is -0.311 e. The van der Waals surface area contributed by atoms with E-state index < -0.39 is 0 Å². The minimum absolute atomic E-state index is 0.139. The fraction of sp³-hybridized carbons (Fsp3) is 0.667. The number of rotatable bonds is 3. The van der Waals surface area contributed by atoms with Crippen molar-refractivity contribution >= 4 is 0 Å². The van der Waals surface area contributed by atoms with Crippen LogP contribution in [0.4, 0.5) is 4.39 Å². The normalized spacial score (nSPS) is 24.3. The molecule has 0 bridgehead atoms. The van der Waals surface area contributed by atoms with Crippen molar-refractivity contribution in [2.45, 2.75) is 53.1 Å². The van der Waals surface area contributed by atoms with Gasteiger partial charge in [-0.2, -0.15) is 0 Å². The second-order valence-corrected chi connectivity index (χ2v) is 7.49. The van der Waals surface area contributed by atoms with E-state index in [1.807, 2.05) is 13.0 Å². The van der Waals surface area contributed by atoms with Gasteiger partial charge in [0.1, 0.15) is 5.82 Å². The van der Waals surface area contributed by atoms with Crippen LogP contribution in [0.1, 0.15) is 38.8 Å². The quantitative estimate of drug-likeness (QED) is 0.918. The first-order valence-electron chi connectivity index (χ1n) is 8.00. The zero-order chi connectivity index (χ0) is 15.6. The van der Waals surface area contributed by atoms with Crippen molar-refractivity contribution in [2.75, 3.05) is 19.6 Å². The molecule has 1 aromatic carbocycles. The summed E-state index contributed by atoms with van der Waals surface area (Å²) in [5, 5.41) is 3.66. The Kier molecular flexibility index (Phi) is 5.05. The van der Waals surface area contributed by atoms with Crippen molar-refractivity contribution in [1.29, 1.82) is 0 Å². The van der Waals surface area contributed by atoms with E-state index in [2.05, 4.69) is 37.9 Å². The molecule has 21 heavy (non-hydrogen) atoms. The number of aryl methyl sites for hydroxylation is 1. The van der Waals surface area contributed by atoms with Crippen LogP contribution in [0.3, 0.4) is 0 Å². The standard InChI is InChI=1S/C18H29FN2/c1-13-10-16(19)7-6-15(13)8-9-21-12-17(18(3,4)5)20-11-14(21)2/h6-7,10,14,17,20H,8-9,11-12H2,1-5H3. The van der Waals surface area contributed by atoms with E-state index >= 15 is 0 Å². The summed E-state index contributed by atoms with van der Waals surface area (Å²) in [6.07, 6.45) is 0.993. The van der Waals surface area contributed by atoms with Gasteiger partial charge in [-0.15, -0.1) is 0 Å². The lowest BCUT2D eigenvalue weighted by Gasteiger charge is -2.44. The summed E-state index contributed by atoms with van der Waals surface area (Å²) in [6, 6.07) is 6.22. The van der Waals surface area contributed by atoms with Crippen LogP contribution in [0, 0.1) is 18.2 Å². The highest BCUT2D eigenvalue weighted by atomic mass is 19.1. The molecule has 1 saturated heterocycles. The molecule has 1 fully saturated rings. The van der Waals surface area contributed by atoms with Gasteiger partial charge in [-0.1, -0.05) is 26.8 Å². The van der Waals surface area contributed by atoms with E-state index in [0.717, 1.165) is 31.6 Å². The van der Waals surface area contributed by atoms with Crippen molar-refractivity contribution < 1.29 is 4.39 Å². The first kappa shape index (κ1) is 16.4. The van der Waals surface area contributed by atoms with E-state index in [-0.39, 0.29) is 11.2 Å². The van der Waals surface area contributed by atoms with Crippen molar-refractivity contribution in [2.24, 2.45) is 5.41 Å². The lowest BCUT2D eigenvalue weighted by atomic mass is 9.84. The smallest absolute Gasteiger partial charge is 0.123 e. The van der Waals surface area contributed by atoms with Crippen molar-refractivity contribution in [3.05, 3.63) is 35.1 Å². The molecule has 0 radical (unpaired) electrons. The predicted molar refractivity (Wildman–Crippen MR) is 87.1 cm³/mol. The highest BCUT2D eigenvalue weighted by molar-refractivity contribution is 5.26. The molecular formula is C18H29FN2. The Bertz CT molecular complexity index is 479. The fourth-order valence-corrected chi connectivity index (χ4v) is 3.02. The molecule has 2 rings (SSSR count). The average Bonchev–Trinajstić information content (AvgIpc) is 2.38.